The predicted octanol–water partition coefficient (Wildman–Crippen LogP) is 5.56. The maximum absolute atomic E-state index is 10.8. The van der Waals surface area contributed by atoms with E-state index in [-0.39, 0.29) is 0 Å². The second-order valence-electron chi connectivity index (χ2n) is 5.53. The molecule has 0 aliphatic rings. The lowest BCUT2D eigenvalue weighted by molar-refractivity contribution is 0.112. The second kappa shape index (κ2) is 7.84. The van der Waals surface area contributed by atoms with Crippen molar-refractivity contribution in [2.75, 3.05) is 0 Å². The lowest BCUT2D eigenvalue weighted by Crippen LogP contribution is -1.89. The fraction of sp³-hybridized carbons (Fsp3) is 0.421. The molecule has 0 aliphatic carbocycles. The summed E-state index contributed by atoms with van der Waals surface area (Å²) >= 11 is 0. The highest BCUT2D eigenvalue weighted by molar-refractivity contribution is 5.90. The minimum atomic E-state index is 0.759. The highest BCUT2D eigenvalue weighted by Gasteiger charge is 2.02. The summed E-state index contributed by atoms with van der Waals surface area (Å²) in [6.45, 7) is 2.25. The monoisotopic (exact) mass is 268 g/mol. The van der Waals surface area contributed by atoms with E-state index in [9.17, 15) is 4.79 Å². The number of fused-ring (bicyclic) bond motifs is 1. The van der Waals surface area contributed by atoms with Gasteiger partial charge in [0.05, 0.1) is 0 Å². The van der Waals surface area contributed by atoms with Gasteiger partial charge in [-0.1, -0.05) is 69.4 Å². The summed E-state index contributed by atoms with van der Waals surface area (Å²) in [7, 11) is 0. The number of unbranched alkanes of at least 4 members (excludes halogenated alkanes) is 5. The van der Waals surface area contributed by atoms with Crippen LogP contribution in [0.5, 0.6) is 0 Å². The summed E-state index contributed by atoms with van der Waals surface area (Å²) < 4.78 is 0. The van der Waals surface area contributed by atoms with Crippen LogP contribution in [0.3, 0.4) is 0 Å². The summed E-state index contributed by atoms with van der Waals surface area (Å²) in [5.74, 6) is 0. The van der Waals surface area contributed by atoms with Gasteiger partial charge in [0, 0.05) is 5.56 Å². The summed E-state index contributed by atoms with van der Waals surface area (Å²) in [4.78, 5) is 10.8. The maximum atomic E-state index is 10.8. The van der Waals surface area contributed by atoms with Crippen molar-refractivity contribution in [3.8, 4) is 0 Å². The predicted molar refractivity (Wildman–Crippen MR) is 86.4 cm³/mol. The molecule has 1 nitrogen and oxygen atoms in total. The smallest absolute Gasteiger partial charge is 0.150 e. The van der Waals surface area contributed by atoms with Crippen molar-refractivity contribution in [3.05, 3.63) is 47.5 Å². The van der Waals surface area contributed by atoms with Gasteiger partial charge >= 0.3 is 0 Å². The Labute approximate surface area is 122 Å². The number of carbonyl (C=O) groups is 1. The van der Waals surface area contributed by atoms with Crippen LogP contribution in [0.1, 0.15) is 61.4 Å². The molecule has 0 unspecified atom stereocenters. The zero-order valence-corrected chi connectivity index (χ0v) is 12.4. The Morgan fingerprint density at radius 1 is 0.950 bits per heavy atom. The molecule has 2 aromatic carbocycles. The molecule has 0 N–H and O–H groups in total. The van der Waals surface area contributed by atoms with Gasteiger partial charge in [0.25, 0.3) is 0 Å². The van der Waals surface area contributed by atoms with Crippen molar-refractivity contribution in [1.29, 1.82) is 0 Å². The lowest BCUT2D eigenvalue weighted by atomic mass is 9.98. The van der Waals surface area contributed by atoms with E-state index in [0.29, 0.717) is 0 Å². The van der Waals surface area contributed by atoms with Crippen molar-refractivity contribution in [2.24, 2.45) is 0 Å². The van der Waals surface area contributed by atoms with Crippen LogP contribution < -0.4 is 0 Å². The maximum Gasteiger partial charge on any atom is 0.150 e. The van der Waals surface area contributed by atoms with Crippen LogP contribution >= 0.6 is 0 Å². The van der Waals surface area contributed by atoms with Crippen LogP contribution in [0.4, 0.5) is 0 Å². The largest absolute Gasteiger partial charge is 0.298 e. The molecule has 0 bridgehead atoms. The zero-order valence-electron chi connectivity index (χ0n) is 12.4. The number of hydrogen-bond donors (Lipinski definition) is 0. The van der Waals surface area contributed by atoms with Gasteiger partial charge in [0.1, 0.15) is 6.29 Å². The number of aldehydes is 1. The Bertz CT molecular complexity index is 557. The minimum Gasteiger partial charge on any atom is -0.298 e. The van der Waals surface area contributed by atoms with Gasteiger partial charge < -0.3 is 0 Å². The topological polar surface area (TPSA) is 17.1 Å². The van der Waals surface area contributed by atoms with Crippen molar-refractivity contribution in [1.82, 2.24) is 0 Å². The van der Waals surface area contributed by atoms with Crippen molar-refractivity contribution in [2.45, 2.75) is 51.9 Å². The zero-order chi connectivity index (χ0) is 14.2. The first-order valence-corrected chi connectivity index (χ1v) is 7.82. The third kappa shape index (κ3) is 3.93. The van der Waals surface area contributed by atoms with E-state index >= 15 is 0 Å². The summed E-state index contributed by atoms with van der Waals surface area (Å²) in [6, 6.07) is 12.4. The molecule has 2 aromatic rings. The van der Waals surface area contributed by atoms with Crippen LogP contribution in [-0.4, -0.2) is 6.29 Å². The Hall–Kier alpha value is -1.63. The molecule has 2 rings (SSSR count). The minimum absolute atomic E-state index is 0.759. The van der Waals surface area contributed by atoms with E-state index in [1.165, 1.54) is 54.9 Å². The highest BCUT2D eigenvalue weighted by Crippen LogP contribution is 2.22. The molecule has 0 amide bonds. The molecule has 0 radical (unpaired) electrons. The van der Waals surface area contributed by atoms with Gasteiger partial charge in [-0.3, -0.25) is 4.79 Å². The van der Waals surface area contributed by atoms with E-state index in [4.69, 9.17) is 0 Å². The second-order valence-corrected chi connectivity index (χ2v) is 5.53. The molecular formula is C19H24O. The van der Waals surface area contributed by atoms with Gasteiger partial charge in [0.2, 0.25) is 0 Å². The first kappa shape index (κ1) is 14.8. The molecule has 20 heavy (non-hydrogen) atoms. The molecule has 0 saturated heterocycles. The standard InChI is InChI=1S/C19H24O/c1-2-3-4-5-6-7-9-17-10-8-11-18-14-16(15-20)12-13-19(17)18/h8,10-15H,2-7,9H2,1H3. The van der Waals surface area contributed by atoms with Crippen LogP contribution in [0, 0.1) is 0 Å². The van der Waals surface area contributed by atoms with Crippen LogP contribution in [-0.2, 0) is 6.42 Å². The average molecular weight is 268 g/mol. The molecule has 0 heterocycles. The van der Waals surface area contributed by atoms with E-state index < -0.39 is 0 Å². The van der Waals surface area contributed by atoms with Gasteiger partial charge in [-0.15, -0.1) is 0 Å². The molecule has 0 aliphatic heterocycles. The quantitative estimate of drug-likeness (QED) is 0.453. The Morgan fingerprint density at radius 3 is 2.55 bits per heavy atom. The van der Waals surface area contributed by atoms with Gasteiger partial charge in [-0.25, -0.2) is 0 Å². The average Bonchev–Trinajstić information content (AvgIpc) is 2.50. The Kier molecular flexibility index (Phi) is 5.79. The van der Waals surface area contributed by atoms with Crippen LogP contribution in [0.25, 0.3) is 10.8 Å². The molecule has 0 aromatic heterocycles. The van der Waals surface area contributed by atoms with Crippen LogP contribution in [0.15, 0.2) is 36.4 Å². The van der Waals surface area contributed by atoms with Crippen molar-refractivity contribution in [3.63, 3.8) is 0 Å². The van der Waals surface area contributed by atoms with Gasteiger partial charge in [-0.05, 0) is 35.2 Å². The van der Waals surface area contributed by atoms with Crippen LogP contribution in [0.2, 0.25) is 0 Å². The Morgan fingerprint density at radius 2 is 1.75 bits per heavy atom. The normalized spacial score (nSPS) is 10.8. The molecule has 1 heteroatoms. The van der Waals surface area contributed by atoms with Crippen molar-refractivity contribution < 1.29 is 4.79 Å². The molecule has 0 saturated carbocycles. The molecular weight excluding hydrogens is 244 g/mol. The van der Waals surface area contributed by atoms with E-state index in [1.807, 2.05) is 12.1 Å². The first-order valence-electron chi connectivity index (χ1n) is 7.82. The summed E-state index contributed by atoms with van der Waals surface area (Å²) in [5, 5.41) is 2.48. The number of hydrogen-bond acceptors (Lipinski definition) is 1. The van der Waals surface area contributed by atoms with Crippen molar-refractivity contribution >= 4 is 17.1 Å². The number of aryl methyl sites for hydroxylation is 1. The summed E-state index contributed by atoms with van der Waals surface area (Å²) in [6.07, 6.45) is 10.0. The summed E-state index contributed by atoms with van der Waals surface area (Å²) in [5.41, 5.74) is 2.17. The van der Waals surface area contributed by atoms with E-state index in [1.54, 1.807) is 0 Å². The molecule has 0 fully saturated rings. The van der Waals surface area contributed by atoms with Gasteiger partial charge in [-0.2, -0.15) is 0 Å². The third-order valence-electron chi connectivity index (χ3n) is 3.93. The third-order valence-corrected chi connectivity index (χ3v) is 3.93. The van der Waals surface area contributed by atoms with E-state index in [2.05, 4.69) is 31.2 Å². The van der Waals surface area contributed by atoms with E-state index in [0.717, 1.165) is 18.3 Å². The fourth-order valence-electron chi connectivity index (χ4n) is 2.76. The molecule has 106 valence electrons. The van der Waals surface area contributed by atoms with Gasteiger partial charge in [0.15, 0.2) is 0 Å². The highest BCUT2D eigenvalue weighted by atomic mass is 16.1. The SMILES string of the molecule is CCCCCCCCc1cccc2cc(C=O)ccc12. The molecule has 0 atom stereocenters. The first-order chi connectivity index (χ1) is 9.85. The number of benzene rings is 2. The lowest BCUT2D eigenvalue weighted by Gasteiger charge is -2.07. The number of carbonyl (C=O) groups excluding carboxylic acids is 1. The molecule has 0 spiro atoms. The Balaban J connectivity index is 1.98. The number of rotatable bonds is 8. The fourth-order valence-corrected chi connectivity index (χ4v) is 2.76.